The number of hydrogen-bond donors (Lipinski definition) is 1. The van der Waals surface area contributed by atoms with Crippen LogP contribution >= 0.6 is 27.3 Å². The standard InChI is InChI=1S/C22H12BrN3O3S/c23-14-5-8-18-13(10-14)11-16(22(28)29-18)19(27)25-15-6-3-12(4-7-15)20-26-17-2-1-9-24-21(17)30-20/h1-11H,(H,25,27). The molecule has 0 aliphatic carbocycles. The van der Waals surface area contributed by atoms with Crippen LogP contribution in [0.2, 0.25) is 0 Å². The average molecular weight is 478 g/mol. The molecule has 0 fully saturated rings. The summed E-state index contributed by atoms with van der Waals surface area (Å²) in [4.78, 5) is 34.6. The Labute approximate surface area is 182 Å². The highest BCUT2D eigenvalue weighted by atomic mass is 79.9. The molecule has 0 spiro atoms. The van der Waals surface area contributed by atoms with Gasteiger partial charge in [-0.15, -0.1) is 0 Å². The molecular formula is C22H12BrN3O3S. The van der Waals surface area contributed by atoms with E-state index < -0.39 is 11.5 Å². The molecule has 3 heterocycles. The lowest BCUT2D eigenvalue weighted by molar-refractivity contribution is 0.102. The van der Waals surface area contributed by atoms with Crippen molar-refractivity contribution in [3.8, 4) is 10.6 Å². The van der Waals surface area contributed by atoms with Crippen LogP contribution in [-0.2, 0) is 0 Å². The van der Waals surface area contributed by atoms with Gasteiger partial charge in [0.1, 0.15) is 26.5 Å². The van der Waals surface area contributed by atoms with Gasteiger partial charge in [0.15, 0.2) is 0 Å². The zero-order valence-electron chi connectivity index (χ0n) is 15.3. The number of aromatic nitrogens is 2. The second kappa shape index (κ2) is 7.47. The first-order chi connectivity index (χ1) is 14.6. The van der Waals surface area contributed by atoms with E-state index in [1.165, 1.54) is 17.4 Å². The molecule has 0 saturated heterocycles. The summed E-state index contributed by atoms with van der Waals surface area (Å²) in [6.07, 6.45) is 1.74. The number of rotatable bonds is 3. The van der Waals surface area contributed by atoms with Gasteiger partial charge in [0.05, 0.1) is 0 Å². The number of pyridine rings is 1. The van der Waals surface area contributed by atoms with Crippen LogP contribution in [0.1, 0.15) is 10.4 Å². The summed E-state index contributed by atoms with van der Waals surface area (Å²) in [6, 6.07) is 17.8. The van der Waals surface area contributed by atoms with Crippen LogP contribution in [0, 0.1) is 0 Å². The van der Waals surface area contributed by atoms with Crippen LogP contribution in [0.15, 0.2) is 80.5 Å². The molecule has 30 heavy (non-hydrogen) atoms. The number of anilines is 1. The molecule has 0 bridgehead atoms. The Morgan fingerprint density at radius 1 is 1.07 bits per heavy atom. The van der Waals surface area contributed by atoms with Crippen molar-refractivity contribution in [2.24, 2.45) is 0 Å². The third-order valence-corrected chi connectivity index (χ3v) is 6.02. The lowest BCUT2D eigenvalue weighted by Crippen LogP contribution is -2.20. The number of nitrogens with zero attached hydrogens (tertiary/aromatic N) is 2. The second-order valence-electron chi connectivity index (χ2n) is 6.51. The van der Waals surface area contributed by atoms with Crippen LogP contribution in [0.3, 0.4) is 0 Å². The molecule has 0 radical (unpaired) electrons. The molecule has 2 aromatic carbocycles. The SMILES string of the molecule is O=C(Nc1ccc(-c2nc3cccnc3s2)cc1)c1cc2cc(Br)ccc2oc1=O. The number of carbonyl (C=O) groups is 1. The molecule has 146 valence electrons. The van der Waals surface area contributed by atoms with Crippen LogP contribution in [0.5, 0.6) is 0 Å². The van der Waals surface area contributed by atoms with Crippen molar-refractivity contribution >= 4 is 60.2 Å². The predicted molar refractivity (Wildman–Crippen MR) is 121 cm³/mol. The molecule has 1 amide bonds. The molecule has 5 aromatic rings. The fourth-order valence-electron chi connectivity index (χ4n) is 3.04. The Kier molecular flexibility index (Phi) is 4.65. The lowest BCUT2D eigenvalue weighted by Gasteiger charge is -2.06. The molecule has 5 rings (SSSR count). The van der Waals surface area contributed by atoms with E-state index in [0.717, 1.165) is 25.4 Å². The van der Waals surface area contributed by atoms with Gasteiger partial charge in [-0.3, -0.25) is 4.79 Å². The van der Waals surface area contributed by atoms with Crippen LogP contribution in [0.4, 0.5) is 5.69 Å². The largest absolute Gasteiger partial charge is 0.422 e. The Balaban J connectivity index is 1.40. The summed E-state index contributed by atoms with van der Waals surface area (Å²) in [7, 11) is 0. The topological polar surface area (TPSA) is 85.1 Å². The first-order valence-electron chi connectivity index (χ1n) is 8.93. The van der Waals surface area contributed by atoms with Gasteiger partial charge in [-0.25, -0.2) is 14.8 Å². The van der Waals surface area contributed by atoms with Gasteiger partial charge in [-0.1, -0.05) is 27.3 Å². The molecule has 0 atom stereocenters. The molecule has 6 nitrogen and oxygen atoms in total. The monoisotopic (exact) mass is 477 g/mol. The summed E-state index contributed by atoms with van der Waals surface area (Å²) >= 11 is 4.88. The van der Waals surface area contributed by atoms with Crippen molar-refractivity contribution in [1.82, 2.24) is 9.97 Å². The molecule has 0 aliphatic heterocycles. The minimum absolute atomic E-state index is 0.0538. The van der Waals surface area contributed by atoms with E-state index >= 15 is 0 Å². The van der Waals surface area contributed by atoms with E-state index in [9.17, 15) is 9.59 Å². The average Bonchev–Trinajstić information content (AvgIpc) is 3.18. The number of carbonyl (C=O) groups excluding carboxylic acids is 1. The van der Waals surface area contributed by atoms with Gasteiger partial charge in [-0.05, 0) is 60.7 Å². The molecule has 0 unspecified atom stereocenters. The zero-order valence-corrected chi connectivity index (χ0v) is 17.7. The Morgan fingerprint density at radius 3 is 2.70 bits per heavy atom. The highest BCUT2D eigenvalue weighted by Crippen LogP contribution is 2.29. The molecule has 1 N–H and O–H groups in total. The molecular weight excluding hydrogens is 466 g/mol. The second-order valence-corrected chi connectivity index (χ2v) is 8.40. The maximum absolute atomic E-state index is 12.6. The summed E-state index contributed by atoms with van der Waals surface area (Å²) in [5.41, 5.74) is 2.03. The number of fused-ring (bicyclic) bond motifs is 2. The summed E-state index contributed by atoms with van der Waals surface area (Å²) < 4.78 is 6.09. The number of nitrogens with one attached hydrogen (secondary N) is 1. The minimum Gasteiger partial charge on any atom is -0.422 e. The van der Waals surface area contributed by atoms with Gasteiger partial charge < -0.3 is 9.73 Å². The molecule has 8 heteroatoms. The Bertz CT molecular complexity index is 1440. The summed E-state index contributed by atoms with van der Waals surface area (Å²) in [5.74, 6) is -0.525. The maximum Gasteiger partial charge on any atom is 0.349 e. The first kappa shape index (κ1) is 18.7. The highest BCUT2D eigenvalue weighted by Gasteiger charge is 2.15. The number of amides is 1. The van der Waals surface area contributed by atoms with Crippen molar-refractivity contribution < 1.29 is 9.21 Å². The van der Waals surface area contributed by atoms with Gasteiger partial charge in [0, 0.05) is 27.3 Å². The van der Waals surface area contributed by atoms with E-state index in [-0.39, 0.29) is 5.56 Å². The number of halogens is 1. The third-order valence-electron chi connectivity index (χ3n) is 4.50. The van der Waals surface area contributed by atoms with Crippen molar-refractivity contribution in [2.75, 3.05) is 5.32 Å². The number of benzene rings is 2. The Hall–Kier alpha value is -3.36. The van der Waals surface area contributed by atoms with Gasteiger partial charge >= 0.3 is 5.63 Å². The van der Waals surface area contributed by atoms with E-state index in [0.29, 0.717) is 16.7 Å². The highest BCUT2D eigenvalue weighted by molar-refractivity contribution is 9.10. The van der Waals surface area contributed by atoms with Crippen LogP contribution in [-0.4, -0.2) is 15.9 Å². The van der Waals surface area contributed by atoms with E-state index in [4.69, 9.17) is 4.42 Å². The molecule has 3 aromatic heterocycles. The minimum atomic E-state index is -0.680. The van der Waals surface area contributed by atoms with E-state index in [2.05, 4.69) is 31.2 Å². The number of hydrogen-bond acceptors (Lipinski definition) is 6. The zero-order chi connectivity index (χ0) is 20.7. The molecule has 0 aliphatic rings. The van der Waals surface area contributed by atoms with Crippen molar-refractivity contribution in [2.45, 2.75) is 0 Å². The van der Waals surface area contributed by atoms with Crippen molar-refractivity contribution in [3.05, 3.63) is 87.3 Å². The predicted octanol–water partition coefficient (Wildman–Crippen LogP) is 5.48. The quantitative estimate of drug-likeness (QED) is 0.347. The fraction of sp³-hybridized carbons (Fsp3) is 0. The lowest BCUT2D eigenvalue weighted by atomic mass is 10.1. The fourth-order valence-corrected chi connectivity index (χ4v) is 4.33. The van der Waals surface area contributed by atoms with Crippen molar-refractivity contribution in [3.63, 3.8) is 0 Å². The normalized spacial score (nSPS) is 11.1. The van der Waals surface area contributed by atoms with E-state index in [1.807, 2.05) is 24.3 Å². The third kappa shape index (κ3) is 3.51. The first-order valence-corrected chi connectivity index (χ1v) is 10.5. The van der Waals surface area contributed by atoms with Gasteiger partial charge in [0.2, 0.25) is 0 Å². The van der Waals surface area contributed by atoms with E-state index in [1.54, 1.807) is 36.5 Å². The van der Waals surface area contributed by atoms with Crippen LogP contribution in [0.25, 0.3) is 31.9 Å². The molecule has 0 saturated carbocycles. The summed E-state index contributed by atoms with van der Waals surface area (Å²) in [6.45, 7) is 0. The Morgan fingerprint density at radius 2 is 1.90 bits per heavy atom. The number of thiazole rings is 1. The van der Waals surface area contributed by atoms with Crippen molar-refractivity contribution in [1.29, 1.82) is 0 Å². The van der Waals surface area contributed by atoms with Gasteiger partial charge in [0.25, 0.3) is 5.91 Å². The summed E-state index contributed by atoms with van der Waals surface area (Å²) in [5, 5.41) is 4.25. The smallest absolute Gasteiger partial charge is 0.349 e. The van der Waals surface area contributed by atoms with Crippen LogP contribution < -0.4 is 10.9 Å². The maximum atomic E-state index is 12.6. The van der Waals surface area contributed by atoms with Gasteiger partial charge in [-0.2, -0.15) is 0 Å².